The first-order valence-corrected chi connectivity index (χ1v) is 7.73. The summed E-state index contributed by atoms with van der Waals surface area (Å²) in [4.78, 5) is 21.8. The Balaban J connectivity index is 2.12. The van der Waals surface area contributed by atoms with E-state index in [1.807, 2.05) is 58.0 Å². The molecule has 6 heteroatoms. The topological polar surface area (TPSA) is 72.7 Å². The van der Waals surface area contributed by atoms with Crippen molar-refractivity contribution in [3.63, 3.8) is 0 Å². The number of anilines is 2. The Hall–Kier alpha value is -2.31. The Bertz CT molecular complexity index is 684. The molecule has 0 radical (unpaired) electrons. The van der Waals surface area contributed by atoms with Gasteiger partial charge in [-0.2, -0.15) is 0 Å². The summed E-state index contributed by atoms with van der Waals surface area (Å²) in [7, 11) is 1.42. The quantitative estimate of drug-likeness (QED) is 0.619. The molecule has 130 valence electrons. The van der Waals surface area contributed by atoms with Crippen LogP contribution in [0.5, 0.6) is 0 Å². The van der Waals surface area contributed by atoms with Crippen LogP contribution in [0, 0.1) is 6.92 Å². The molecular formula is C18H24N2O4. The zero-order valence-corrected chi connectivity index (χ0v) is 14.7. The summed E-state index contributed by atoms with van der Waals surface area (Å²) in [6.07, 6.45) is 0. The second kappa shape index (κ2) is 7.51. The van der Waals surface area contributed by atoms with Gasteiger partial charge in [-0.05, 0) is 19.1 Å². The van der Waals surface area contributed by atoms with Gasteiger partial charge in [-0.1, -0.05) is 38.5 Å². The summed E-state index contributed by atoms with van der Waals surface area (Å²) in [5.41, 5.74) is 2.22. The number of rotatable bonds is 5. The Morgan fingerprint density at radius 2 is 1.83 bits per heavy atom. The van der Waals surface area contributed by atoms with Crippen molar-refractivity contribution in [2.24, 2.45) is 0 Å². The molecule has 1 aromatic heterocycles. The third-order valence-corrected chi connectivity index (χ3v) is 3.41. The fourth-order valence-corrected chi connectivity index (χ4v) is 2.05. The van der Waals surface area contributed by atoms with Crippen LogP contribution in [0.25, 0.3) is 0 Å². The molecule has 0 fully saturated rings. The lowest BCUT2D eigenvalue weighted by molar-refractivity contribution is -0.284. The second-order valence-electron chi connectivity index (χ2n) is 6.57. The number of furan rings is 1. The van der Waals surface area contributed by atoms with E-state index in [4.69, 9.17) is 9.30 Å². The third-order valence-electron chi connectivity index (χ3n) is 3.41. The maximum Gasteiger partial charge on any atom is 0.323 e. The van der Waals surface area contributed by atoms with E-state index < -0.39 is 0 Å². The average molecular weight is 332 g/mol. The number of urea groups is 1. The first-order chi connectivity index (χ1) is 11.3. The van der Waals surface area contributed by atoms with Crippen molar-refractivity contribution in [3.05, 3.63) is 47.4 Å². The maximum absolute atomic E-state index is 12.2. The van der Waals surface area contributed by atoms with Gasteiger partial charge in [0.05, 0.1) is 12.8 Å². The fraction of sp³-hybridized carbons (Fsp3) is 0.389. The van der Waals surface area contributed by atoms with Crippen molar-refractivity contribution in [1.29, 1.82) is 0 Å². The van der Waals surface area contributed by atoms with Gasteiger partial charge in [-0.15, -0.1) is 0 Å². The van der Waals surface area contributed by atoms with Gasteiger partial charge in [0.15, 0.2) is 5.76 Å². The monoisotopic (exact) mass is 332 g/mol. The lowest BCUT2D eigenvalue weighted by Gasteiger charge is -2.13. The van der Waals surface area contributed by atoms with E-state index >= 15 is 0 Å². The highest BCUT2D eigenvalue weighted by molar-refractivity contribution is 6.00. The Labute approximate surface area is 142 Å². The van der Waals surface area contributed by atoms with Gasteiger partial charge in [0.25, 0.3) is 0 Å². The van der Waals surface area contributed by atoms with Crippen LogP contribution >= 0.6 is 0 Å². The van der Waals surface area contributed by atoms with Crippen molar-refractivity contribution in [2.45, 2.75) is 39.7 Å². The van der Waals surface area contributed by atoms with Gasteiger partial charge >= 0.3 is 6.03 Å². The average Bonchev–Trinajstić information content (AvgIpc) is 2.90. The van der Waals surface area contributed by atoms with Crippen molar-refractivity contribution in [2.75, 3.05) is 17.7 Å². The summed E-state index contributed by atoms with van der Waals surface area (Å²) in [6.45, 7) is 8.19. The highest BCUT2D eigenvalue weighted by Gasteiger charge is 2.23. The Morgan fingerprint density at radius 1 is 1.17 bits per heavy atom. The first-order valence-electron chi connectivity index (χ1n) is 7.73. The van der Waals surface area contributed by atoms with Gasteiger partial charge in [0.2, 0.25) is 0 Å². The number of carbonyl (C=O) groups excluding carboxylic acids is 1. The van der Waals surface area contributed by atoms with E-state index in [2.05, 4.69) is 15.5 Å². The van der Waals surface area contributed by atoms with E-state index in [1.165, 1.54) is 7.11 Å². The minimum Gasteiger partial charge on any atom is -0.461 e. The van der Waals surface area contributed by atoms with Crippen LogP contribution in [-0.4, -0.2) is 13.1 Å². The summed E-state index contributed by atoms with van der Waals surface area (Å²) < 4.78 is 5.80. The van der Waals surface area contributed by atoms with Crippen molar-refractivity contribution >= 4 is 17.4 Å². The molecule has 2 aromatic rings. The highest BCUT2D eigenvalue weighted by atomic mass is 17.2. The van der Waals surface area contributed by atoms with E-state index in [1.54, 1.807) is 0 Å². The molecule has 0 saturated carbocycles. The lowest BCUT2D eigenvalue weighted by Crippen LogP contribution is -2.19. The van der Waals surface area contributed by atoms with E-state index in [-0.39, 0.29) is 18.1 Å². The fourth-order valence-electron chi connectivity index (χ4n) is 2.05. The summed E-state index contributed by atoms with van der Waals surface area (Å²) in [6, 6.07) is 9.02. The molecule has 0 aliphatic carbocycles. The van der Waals surface area contributed by atoms with E-state index in [0.717, 1.165) is 11.3 Å². The van der Waals surface area contributed by atoms with Gasteiger partial charge in [0, 0.05) is 17.2 Å². The summed E-state index contributed by atoms with van der Waals surface area (Å²) in [5, 5.41) is 5.58. The standard InChI is InChI=1S/C18H24N2O4/c1-12-6-8-13(9-7-12)19-17(21)20-14-10-16(18(2,3)4)24-15(14)11-23-22-5/h6-10H,11H2,1-5H3,(H2,19,20,21). The van der Waals surface area contributed by atoms with Crippen molar-refractivity contribution < 1.29 is 19.0 Å². The predicted octanol–water partition coefficient (Wildman–Crippen LogP) is 4.61. The smallest absolute Gasteiger partial charge is 0.323 e. The van der Waals surface area contributed by atoms with Gasteiger partial charge in [-0.3, -0.25) is 0 Å². The van der Waals surface area contributed by atoms with Crippen molar-refractivity contribution in [1.82, 2.24) is 0 Å². The van der Waals surface area contributed by atoms with E-state index in [9.17, 15) is 4.79 Å². The zero-order valence-electron chi connectivity index (χ0n) is 14.7. The highest BCUT2D eigenvalue weighted by Crippen LogP contribution is 2.31. The number of benzene rings is 1. The molecular weight excluding hydrogens is 308 g/mol. The molecule has 1 heterocycles. The van der Waals surface area contributed by atoms with Gasteiger partial charge in [-0.25, -0.2) is 14.6 Å². The van der Waals surface area contributed by atoms with Crippen LogP contribution in [0.3, 0.4) is 0 Å². The SMILES string of the molecule is COOCc1oc(C(C)(C)C)cc1NC(=O)Nc1ccc(C)cc1. The molecule has 6 nitrogen and oxygen atoms in total. The van der Waals surface area contributed by atoms with Crippen LogP contribution in [0.1, 0.15) is 37.9 Å². The number of carbonyl (C=O) groups is 1. The van der Waals surface area contributed by atoms with Gasteiger partial charge in [0.1, 0.15) is 12.4 Å². The van der Waals surface area contributed by atoms with Gasteiger partial charge < -0.3 is 15.1 Å². The lowest BCUT2D eigenvalue weighted by atomic mass is 9.93. The minimum atomic E-state index is -0.348. The number of amides is 2. The summed E-state index contributed by atoms with van der Waals surface area (Å²) >= 11 is 0. The third kappa shape index (κ3) is 4.84. The van der Waals surface area contributed by atoms with Crippen LogP contribution in [0.4, 0.5) is 16.2 Å². The normalized spacial score (nSPS) is 11.4. The molecule has 2 rings (SSSR count). The zero-order chi connectivity index (χ0) is 17.7. The maximum atomic E-state index is 12.2. The summed E-state index contributed by atoms with van der Waals surface area (Å²) in [5.74, 6) is 1.25. The molecule has 24 heavy (non-hydrogen) atoms. The predicted molar refractivity (Wildman–Crippen MR) is 93.0 cm³/mol. The molecule has 0 spiro atoms. The largest absolute Gasteiger partial charge is 0.461 e. The molecule has 2 N–H and O–H groups in total. The number of aryl methyl sites for hydroxylation is 1. The molecule has 0 bridgehead atoms. The molecule has 2 amide bonds. The molecule has 1 aromatic carbocycles. The van der Waals surface area contributed by atoms with Crippen LogP contribution in [0.2, 0.25) is 0 Å². The first kappa shape index (κ1) is 18.0. The molecule has 0 aliphatic rings. The van der Waals surface area contributed by atoms with Crippen molar-refractivity contribution in [3.8, 4) is 0 Å². The number of hydrogen-bond donors (Lipinski definition) is 2. The second-order valence-corrected chi connectivity index (χ2v) is 6.57. The Kier molecular flexibility index (Phi) is 5.64. The molecule has 0 atom stereocenters. The molecule has 0 saturated heterocycles. The van der Waals surface area contributed by atoms with Crippen LogP contribution in [0.15, 0.2) is 34.7 Å². The van der Waals surface area contributed by atoms with Crippen LogP contribution < -0.4 is 10.6 Å². The van der Waals surface area contributed by atoms with E-state index in [0.29, 0.717) is 17.1 Å². The molecule has 0 aliphatic heterocycles. The minimum absolute atomic E-state index is 0.104. The number of nitrogens with one attached hydrogen (secondary N) is 2. The van der Waals surface area contributed by atoms with Crippen LogP contribution in [-0.2, 0) is 21.8 Å². The Morgan fingerprint density at radius 3 is 2.42 bits per heavy atom. The molecule has 0 unspecified atom stereocenters. The number of hydrogen-bond acceptors (Lipinski definition) is 4.